The number of nitrogens with zero attached hydrogens (tertiary/aromatic N) is 3. The van der Waals surface area contributed by atoms with Crippen molar-refractivity contribution in [1.29, 1.82) is 0 Å². The molecule has 0 bridgehead atoms. The largest absolute Gasteiger partial charge is 0.399 e. The Kier molecular flexibility index (Phi) is 29.2. The van der Waals surface area contributed by atoms with Gasteiger partial charge in [0, 0.05) is 27.2 Å². The van der Waals surface area contributed by atoms with Crippen molar-refractivity contribution in [3.05, 3.63) is 0 Å². The van der Waals surface area contributed by atoms with Gasteiger partial charge in [0.05, 0.1) is 35.9 Å². The molecule has 0 N–H and O–H groups in total. The smallest absolute Gasteiger partial charge is 0.140 e. The summed E-state index contributed by atoms with van der Waals surface area (Å²) in [5.41, 5.74) is 3.73. The average Bonchev–Trinajstić information content (AvgIpc) is 4.02. The Morgan fingerprint density at radius 1 is 0.509 bits per heavy atom. The molecule has 6 unspecified atom stereocenters. The standard InChI is InChI=1S/C12H23NO2.2C9H17NO.2C9H18O/c1-10(2)11-4-6-12(7-5-11)13-15-9-8-14-3;1-7(2)8-4-5-9(6-8)10-11-3;1-7(2)8-5-4-6-9(8)10-11-3;1-7(2)8-4-5-9(6-8)10-3;1-7(2)8-5-4-6-9(8)10-3/h10-11H,4-9H2,1-3H3;2*7-8H,4-6H2,1-3H3;2*7-9H,4-6H2,1-3H3/b;2*10-9+;;. The first-order valence-electron chi connectivity index (χ1n) is 23.1. The summed E-state index contributed by atoms with van der Waals surface area (Å²) in [6, 6.07) is 0. The Morgan fingerprint density at radius 3 is 1.58 bits per heavy atom. The predicted molar refractivity (Wildman–Crippen MR) is 241 cm³/mol. The highest BCUT2D eigenvalue weighted by atomic mass is 16.6. The fourth-order valence-electron chi connectivity index (χ4n) is 9.24. The molecule has 5 aliphatic carbocycles. The lowest BCUT2D eigenvalue weighted by atomic mass is 9.81. The molecule has 57 heavy (non-hydrogen) atoms. The molecule has 9 nitrogen and oxygen atoms in total. The minimum atomic E-state index is 0.556. The van der Waals surface area contributed by atoms with E-state index in [9.17, 15) is 0 Å². The van der Waals surface area contributed by atoms with E-state index in [2.05, 4.69) is 84.7 Å². The highest BCUT2D eigenvalue weighted by molar-refractivity contribution is 5.88. The molecule has 6 atom stereocenters. The molecule has 0 saturated heterocycles. The van der Waals surface area contributed by atoms with E-state index in [0.29, 0.717) is 37.3 Å². The molecule has 0 aromatic rings. The third-order valence-electron chi connectivity index (χ3n) is 13.3. The van der Waals surface area contributed by atoms with Crippen LogP contribution >= 0.6 is 0 Å². The van der Waals surface area contributed by atoms with Gasteiger partial charge in [-0.25, -0.2) is 0 Å². The number of hydrogen-bond donors (Lipinski definition) is 0. The topological polar surface area (TPSA) is 92.5 Å². The van der Waals surface area contributed by atoms with Crippen LogP contribution in [0.25, 0.3) is 0 Å². The number of hydrogen-bond acceptors (Lipinski definition) is 9. The summed E-state index contributed by atoms with van der Waals surface area (Å²) in [4.78, 5) is 14.7. The molecule has 0 aromatic heterocycles. The third kappa shape index (κ3) is 21.9. The van der Waals surface area contributed by atoms with Gasteiger partial charge in [-0.2, -0.15) is 0 Å². The van der Waals surface area contributed by atoms with Crippen LogP contribution in [0, 0.1) is 59.2 Å². The second-order valence-corrected chi connectivity index (χ2v) is 18.9. The van der Waals surface area contributed by atoms with Gasteiger partial charge in [0.25, 0.3) is 0 Å². The summed E-state index contributed by atoms with van der Waals surface area (Å²) in [6.07, 6.45) is 21.1. The van der Waals surface area contributed by atoms with Crippen molar-refractivity contribution in [2.75, 3.05) is 48.8 Å². The Bertz CT molecular complexity index is 1080. The lowest BCUT2D eigenvalue weighted by Crippen LogP contribution is -2.20. The van der Waals surface area contributed by atoms with Crippen LogP contribution in [0.15, 0.2) is 15.5 Å². The second kappa shape index (κ2) is 31.2. The van der Waals surface area contributed by atoms with Gasteiger partial charge in [0.15, 0.2) is 0 Å². The van der Waals surface area contributed by atoms with Crippen molar-refractivity contribution < 1.29 is 28.7 Å². The minimum absolute atomic E-state index is 0.556. The molecule has 0 aromatic carbocycles. The van der Waals surface area contributed by atoms with Gasteiger partial charge in [-0.05, 0) is 150 Å². The van der Waals surface area contributed by atoms with Crippen molar-refractivity contribution in [2.24, 2.45) is 74.6 Å². The maximum Gasteiger partial charge on any atom is 0.140 e. The monoisotopic (exact) mass is 808 g/mol. The van der Waals surface area contributed by atoms with Crippen molar-refractivity contribution in [2.45, 2.75) is 184 Å². The molecule has 0 heterocycles. The summed E-state index contributed by atoms with van der Waals surface area (Å²) >= 11 is 0. The van der Waals surface area contributed by atoms with Crippen LogP contribution in [0.2, 0.25) is 0 Å². The average molecular weight is 808 g/mol. The quantitative estimate of drug-likeness (QED) is 0.136. The minimum Gasteiger partial charge on any atom is -0.399 e. The van der Waals surface area contributed by atoms with Crippen molar-refractivity contribution in [1.82, 2.24) is 0 Å². The summed E-state index contributed by atoms with van der Waals surface area (Å²) in [7, 11) is 8.58. The normalized spacial score (nSPS) is 28.5. The lowest BCUT2D eigenvalue weighted by molar-refractivity contribution is 0.0541. The fraction of sp³-hybridized carbons (Fsp3) is 0.938. The van der Waals surface area contributed by atoms with E-state index in [4.69, 9.17) is 28.7 Å². The van der Waals surface area contributed by atoms with Crippen LogP contribution in [0.1, 0.15) is 172 Å². The zero-order valence-electron chi connectivity index (χ0n) is 39.9. The molecule has 5 aliphatic rings. The highest BCUT2D eigenvalue weighted by Gasteiger charge is 2.29. The highest BCUT2D eigenvalue weighted by Crippen LogP contribution is 2.34. The van der Waals surface area contributed by atoms with Crippen molar-refractivity contribution >= 4 is 17.1 Å². The Hall–Kier alpha value is -1.71. The van der Waals surface area contributed by atoms with Gasteiger partial charge >= 0.3 is 0 Å². The van der Waals surface area contributed by atoms with Gasteiger partial charge in [-0.15, -0.1) is 0 Å². The number of rotatable bonds is 13. The molecule has 5 saturated carbocycles. The predicted octanol–water partition coefficient (Wildman–Crippen LogP) is 12.7. The van der Waals surface area contributed by atoms with E-state index in [-0.39, 0.29) is 0 Å². The zero-order chi connectivity index (χ0) is 42.8. The Labute approximate surface area is 352 Å². The van der Waals surface area contributed by atoms with E-state index < -0.39 is 0 Å². The van der Waals surface area contributed by atoms with Crippen LogP contribution in [0.5, 0.6) is 0 Å². The van der Waals surface area contributed by atoms with E-state index in [1.807, 2.05) is 14.2 Å². The summed E-state index contributed by atoms with van der Waals surface area (Å²) in [6.45, 7) is 24.1. The number of oxime groups is 3. The zero-order valence-corrected chi connectivity index (χ0v) is 39.9. The van der Waals surface area contributed by atoms with Gasteiger partial charge < -0.3 is 28.7 Å². The Morgan fingerprint density at radius 2 is 1.12 bits per heavy atom. The van der Waals surface area contributed by atoms with Crippen molar-refractivity contribution in [3.63, 3.8) is 0 Å². The van der Waals surface area contributed by atoms with Gasteiger partial charge in [-0.3, -0.25) is 0 Å². The molecular formula is C48H93N3O6. The van der Waals surface area contributed by atoms with Gasteiger partial charge in [0.2, 0.25) is 0 Å². The SMILES string of the molecule is CO/N=C1\CCC(C(C)C)C1.CO/N=C1\CCCC1C(C)C.COC1CCC(C(C)C)C1.COC1CCCC1C(C)C.COCCON=C1CCC(C(C)C)CC1. The molecule has 0 spiro atoms. The lowest BCUT2D eigenvalue weighted by Gasteiger charge is -2.25. The number of ether oxygens (including phenoxy) is 3. The van der Waals surface area contributed by atoms with Gasteiger partial charge in [-0.1, -0.05) is 91.1 Å². The Balaban J connectivity index is 0.000000359. The second-order valence-electron chi connectivity index (χ2n) is 18.9. The molecule has 5 rings (SSSR count). The molecule has 0 amide bonds. The first kappa shape index (κ1) is 53.3. The van der Waals surface area contributed by atoms with E-state index in [1.165, 1.54) is 87.8 Å². The van der Waals surface area contributed by atoms with E-state index >= 15 is 0 Å². The van der Waals surface area contributed by atoms with Crippen LogP contribution < -0.4 is 0 Å². The van der Waals surface area contributed by atoms with E-state index in [1.54, 1.807) is 21.3 Å². The van der Waals surface area contributed by atoms with Gasteiger partial charge in [0.1, 0.15) is 20.8 Å². The maximum atomic E-state index is 5.39. The fourth-order valence-corrected chi connectivity index (χ4v) is 9.24. The van der Waals surface area contributed by atoms with Crippen LogP contribution in [0.3, 0.4) is 0 Å². The molecule has 5 fully saturated rings. The van der Waals surface area contributed by atoms with E-state index in [0.717, 1.165) is 79.4 Å². The van der Waals surface area contributed by atoms with Crippen LogP contribution in [-0.2, 0) is 28.7 Å². The first-order valence-corrected chi connectivity index (χ1v) is 23.1. The third-order valence-corrected chi connectivity index (χ3v) is 13.3. The van der Waals surface area contributed by atoms with Crippen LogP contribution in [-0.4, -0.2) is 78.1 Å². The summed E-state index contributed by atoms with van der Waals surface area (Å²) in [5, 5.41) is 12.2. The molecule has 336 valence electrons. The molecule has 9 heteroatoms. The molecule has 0 aliphatic heterocycles. The maximum absolute atomic E-state index is 5.39. The van der Waals surface area contributed by atoms with Crippen LogP contribution in [0.4, 0.5) is 0 Å². The molecular weight excluding hydrogens is 715 g/mol. The van der Waals surface area contributed by atoms with Crippen molar-refractivity contribution in [3.8, 4) is 0 Å². The molecule has 0 radical (unpaired) electrons. The first-order chi connectivity index (χ1) is 27.2. The summed E-state index contributed by atoms with van der Waals surface area (Å²) < 4.78 is 15.6. The summed E-state index contributed by atoms with van der Waals surface area (Å²) in [5.74, 6) is 8.09. The number of methoxy groups -OCH3 is 3.